The van der Waals surface area contributed by atoms with E-state index in [2.05, 4.69) is 44.5 Å². The Morgan fingerprint density at radius 3 is 3.08 bits per heavy atom. The summed E-state index contributed by atoms with van der Waals surface area (Å²) in [6.07, 6.45) is 2.75. The van der Waals surface area contributed by atoms with E-state index in [1.165, 1.54) is 11.3 Å². The number of rotatable bonds is 3. The van der Waals surface area contributed by atoms with Crippen molar-refractivity contribution in [3.05, 3.63) is 59.3 Å². The van der Waals surface area contributed by atoms with Gasteiger partial charge in [0.2, 0.25) is 5.89 Å². The smallest absolute Gasteiger partial charge is 0.236 e. The Bertz CT molecular complexity index is 854. The molecule has 0 fully saturated rings. The van der Waals surface area contributed by atoms with Gasteiger partial charge in [-0.1, -0.05) is 24.3 Å². The second-order valence-corrected chi connectivity index (χ2v) is 6.50. The van der Waals surface area contributed by atoms with E-state index in [-0.39, 0.29) is 0 Å². The minimum atomic E-state index is 0.584. The first kappa shape index (κ1) is 15.0. The van der Waals surface area contributed by atoms with E-state index >= 15 is 0 Å². The molecule has 0 unspecified atom stereocenters. The average Bonchev–Trinajstić information content (AvgIpc) is 3.36. The number of thiophene rings is 1. The van der Waals surface area contributed by atoms with E-state index in [0.717, 1.165) is 29.5 Å². The number of nitrogens with one attached hydrogen (secondary N) is 1. The van der Waals surface area contributed by atoms with Gasteiger partial charge in [-0.15, -0.1) is 11.3 Å². The van der Waals surface area contributed by atoms with Crippen LogP contribution in [0.1, 0.15) is 11.3 Å². The van der Waals surface area contributed by atoms with E-state index in [9.17, 15) is 0 Å². The van der Waals surface area contributed by atoms with Gasteiger partial charge in [0, 0.05) is 19.3 Å². The molecule has 0 saturated carbocycles. The summed E-state index contributed by atoms with van der Waals surface area (Å²) >= 11 is 1.62. The lowest BCUT2D eigenvalue weighted by Crippen LogP contribution is -2.40. The fourth-order valence-corrected chi connectivity index (χ4v) is 3.58. The second-order valence-electron chi connectivity index (χ2n) is 5.55. The predicted octanol–water partition coefficient (Wildman–Crippen LogP) is 3.54. The maximum Gasteiger partial charge on any atom is 0.236 e. The Kier molecular flexibility index (Phi) is 4.04. The third kappa shape index (κ3) is 2.80. The summed E-state index contributed by atoms with van der Waals surface area (Å²) in [6, 6.07) is 12.5. The summed E-state index contributed by atoms with van der Waals surface area (Å²) in [6.45, 7) is 1.53. The fourth-order valence-electron chi connectivity index (χ4n) is 2.92. The molecule has 3 heterocycles. The molecule has 0 spiro atoms. The topological polar surface area (TPSA) is 53.7 Å². The van der Waals surface area contributed by atoms with Crippen molar-refractivity contribution in [2.24, 2.45) is 4.99 Å². The van der Waals surface area contributed by atoms with E-state index in [4.69, 9.17) is 4.42 Å². The molecule has 0 radical (unpaired) electrons. The van der Waals surface area contributed by atoms with E-state index in [0.29, 0.717) is 12.4 Å². The lowest BCUT2D eigenvalue weighted by atomic mass is 10.2. The third-order valence-electron chi connectivity index (χ3n) is 4.07. The molecular weight excluding hydrogens is 320 g/mol. The second kappa shape index (κ2) is 6.49. The number of aromatic nitrogens is 1. The number of para-hydroxylation sites is 1. The van der Waals surface area contributed by atoms with Crippen molar-refractivity contribution in [2.75, 3.05) is 18.5 Å². The zero-order valence-electron chi connectivity index (χ0n) is 13.4. The first-order valence-corrected chi connectivity index (χ1v) is 8.77. The van der Waals surface area contributed by atoms with Gasteiger partial charge >= 0.3 is 0 Å². The maximum atomic E-state index is 5.56. The molecule has 1 aliphatic rings. The van der Waals surface area contributed by atoms with Gasteiger partial charge in [-0.2, -0.15) is 0 Å². The molecule has 122 valence electrons. The quantitative estimate of drug-likeness (QED) is 0.586. The number of nitrogens with zero attached hydrogens (tertiary/aromatic N) is 3. The molecule has 0 saturated heterocycles. The van der Waals surface area contributed by atoms with Crippen LogP contribution in [0, 0.1) is 0 Å². The fraction of sp³-hybridized carbons (Fsp3) is 0.222. The van der Waals surface area contributed by atoms with Crippen molar-refractivity contribution in [1.82, 2.24) is 10.3 Å². The SMILES string of the molecule is CN=C(NCc1coc(-c2cccs2)n1)N1CCc2ccccc21. The first-order valence-electron chi connectivity index (χ1n) is 7.89. The number of fused-ring (bicyclic) bond motifs is 1. The van der Waals surface area contributed by atoms with Crippen LogP contribution in [0.5, 0.6) is 0 Å². The highest BCUT2D eigenvalue weighted by atomic mass is 32.1. The van der Waals surface area contributed by atoms with Gasteiger partial charge in [-0.3, -0.25) is 4.99 Å². The lowest BCUT2D eigenvalue weighted by molar-refractivity contribution is 0.573. The van der Waals surface area contributed by atoms with Gasteiger partial charge in [0.05, 0.1) is 17.1 Å². The monoisotopic (exact) mass is 338 g/mol. The molecule has 1 aromatic carbocycles. The van der Waals surface area contributed by atoms with Crippen molar-refractivity contribution in [2.45, 2.75) is 13.0 Å². The standard InChI is InChI=1S/C18H18N4OS/c1-19-18(22-9-8-13-5-2-3-6-15(13)22)20-11-14-12-23-17(21-14)16-7-4-10-24-16/h2-7,10,12H,8-9,11H2,1H3,(H,19,20). The van der Waals surface area contributed by atoms with Crippen molar-refractivity contribution in [1.29, 1.82) is 0 Å². The number of guanidine groups is 1. The molecule has 1 aliphatic heterocycles. The number of hydrogen-bond acceptors (Lipinski definition) is 4. The molecule has 2 aromatic heterocycles. The Balaban J connectivity index is 1.45. The molecule has 0 amide bonds. The molecule has 0 atom stereocenters. The van der Waals surface area contributed by atoms with Crippen molar-refractivity contribution in [3.8, 4) is 10.8 Å². The molecule has 24 heavy (non-hydrogen) atoms. The molecule has 5 nitrogen and oxygen atoms in total. The van der Waals surface area contributed by atoms with Gasteiger partial charge in [0.1, 0.15) is 6.26 Å². The van der Waals surface area contributed by atoms with Crippen LogP contribution in [0.2, 0.25) is 0 Å². The van der Waals surface area contributed by atoms with Gasteiger partial charge < -0.3 is 14.6 Å². The number of hydrogen-bond donors (Lipinski definition) is 1. The highest BCUT2D eigenvalue weighted by Gasteiger charge is 2.22. The maximum absolute atomic E-state index is 5.56. The van der Waals surface area contributed by atoms with Crippen LogP contribution in [0.15, 0.2) is 57.5 Å². The highest BCUT2D eigenvalue weighted by molar-refractivity contribution is 7.13. The minimum Gasteiger partial charge on any atom is -0.443 e. The molecule has 6 heteroatoms. The number of aliphatic imine (C=N–C) groups is 1. The van der Waals surface area contributed by atoms with Crippen molar-refractivity contribution < 1.29 is 4.42 Å². The highest BCUT2D eigenvalue weighted by Crippen LogP contribution is 2.27. The van der Waals surface area contributed by atoms with Crippen LogP contribution < -0.4 is 10.2 Å². The summed E-state index contributed by atoms with van der Waals surface area (Å²) in [4.78, 5) is 12.2. The van der Waals surface area contributed by atoms with Crippen LogP contribution in [0.25, 0.3) is 10.8 Å². The Hall–Kier alpha value is -2.60. The molecule has 0 aliphatic carbocycles. The molecular formula is C18H18N4OS. The largest absolute Gasteiger partial charge is 0.443 e. The Morgan fingerprint density at radius 2 is 2.25 bits per heavy atom. The van der Waals surface area contributed by atoms with Gasteiger partial charge in [0.15, 0.2) is 5.96 Å². The van der Waals surface area contributed by atoms with Crippen LogP contribution in [-0.4, -0.2) is 24.5 Å². The minimum absolute atomic E-state index is 0.584. The summed E-state index contributed by atoms with van der Waals surface area (Å²) in [5.74, 6) is 1.53. The van der Waals surface area contributed by atoms with Gasteiger partial charge in [0.25, 0.3) is 0 Å². The molecule has 0 bridgehead atoms. The molecule has 1 N–H and O–H groups in total. The molecule has 4 rings (SSSR count). The average molecular weight is 338 g/mol. The van der Waals surface area contributed by atoms with Crippen LogP contribution in [0.3, 0.4) is 0 Å². The van der Waals surface area contributed by atoms with E-state index in [1.54, 1.807) is 17.6 Å². The van der Waals surface area contributed by atoms with Gasteiger partial charge in [-0.05, 0) is 29.5 Å². The van der Waals surface area contributed by atoms with Gasteiger partial charge in [-0.25, -0.2) is 4.98 Å². The Labute approximate surface area is 144 Å². The number of anilines is 1. The normalized spacial score (nSPS) is 14.0. The summed E-state index contributed by atoms with van der Waals surface area (Å²) in [5.41, 5.74) is 3.46. The number of oxazole rings is 1. The lowest BCUT2D eigenvalue weighted by Gasteiger charge is -2.21. The number of benzene rings is 1. The third-order valence-corrected chi connectivity index (χ3v) is 4.92. The van der Waals surface area contributed by atoms with Crippen LogP contribution >= 0.6 is 11.3 Å². The predicted molar refractivity (Wildman–Crippen MR) is 97.5 cm³/mol. The summed E-state index contributed by atoms with van der Waals surface area (Å²) < 4.78 is 5.56. The zero-order chi connectivity index (χ0) is 16.4. The van der Waals surface area contributed by atoms with E-state index < -0.39 is 0 Å². The summed E-state index contributed by atoms with van der Waals surface area (Å²) in [7, 11) is 1.81. The zero-order valence-corrected chi connectivity index (χ0v) is 14.2. The summed E-state index contributed by atoms with van der Waals surface area (Å²) in [5, 5.41) is 5.40. The first-order chi connectivity index (χ1) is 11.8. The van der Waals surface area contributed by atoms with E-state index in [1.807, 2.05) is 24.6 Å². The van der Waals surface area contributed by atoms with Crippen LogP contribution in [0.4, 0.5) is 5.69 Å². The molecule has 3 aromatic rings. The van der Waals surface area contributed by atoms with Crippen molar-refractivity contribution >= 4 is 23.0 Å². The van der Waals surface area contributed by atoms with Crippen molar-refractivity contribution in [3.63, 3.8) is 0 Å². The Morgan fingerprint density at radius 1 is 1.33 bits per heavy atom. The van der Waals surface area contributed by atoms with Crippen LogP contribution in [-0.2, 0) is 13.0 Å².